The lowest BCUT2D eigenvalue weighted by Crippen LogP contribution is -2.23. The lowest BCUT2D eigenvalue weighted by Gasteiger charge is -2.17. The van der Waals surface area contributed by atoms with Gasteiger partial charge in [0, 0.05) is 0 Å². The monoisotopic (exact) mass is 268 g/mol. The molecule has 0 N–H and O–H groups in total. The maximum absolute atomic E-state index is 11.8. The molecule has 1 aliphatic heterocycles. The molecule has 4 heteroatoms. The van der Waals surface area contributed by atoms with Crippen molar-refractivity contribution in [2.24, 2.45) is 0 Å². The molecule has 0 aromatic heterocycles. The molecule has 0 amide bonds. The Balaban J connectivity index is 1.86. The van der Waals surface area contributed by atoms with Crippen molar-refractivity contribution in [3.05, 3.63) is 65.2 Å². The normalized spacial score (nSPS) is 13.6. The molecular weight excluding hydrogens is 256 g/mol. The van der Waals surface area contributed by atoms with Gasteiger partial charge in [-0.15, -0.1) is 0 Å². The number of cyclic esters (lactones) is 2. The number of benzene rings is 2. The van der Waals surface area contributed by atoms with Crippen LogP contribution in [0.3, 0.4) is 0 Å². The number of rotatable bonds is 3. The van der Waals surface area contributed by atoms with Gasteiger partial charge in [-0.05, 0) is 17.2 Å². The molecule has 1 aliphatic rings. The Kier molecular flexibility index (Phi) is 3.21. The zero-order valence-corrected chi connectivity index (χ0v) is 10.7. The fraction of sp³-hybridized carbons (Fsp3) is 0.125. The van der Waals surface area contributed by atoms with Crippen LogP contribution in [0.5, 0.6) is 5.75 Å². The molecule has 0 spiro atoms. The topological polar surface area (TPSA) is 52.6 Å². The molecule has 0 radical (unpaired) electrons. The summed E-state index contributed by atoms with van der Waals surface area (Å²) in [6.45, 7) is 0.360. The first-order valence-electron chi connectivity index (χ1n) is 6.27. The van der Waals surface area contributed by atoms with Crippen molar-refractivity contribution in [2.75, 3.05) is 0 Å². The summed E-state index contributed by atoms with van der Waals surface area (Å²) >= 11 is 0. The van der Waals surface area contributed by atoms with Gasteiger partial charge < -0.3 is 9.47 Å². The van der Waals surface area contributed by atoms with Crippen LogP contribution < -0.4 is 4.74 Å². The standard InChI is InChI=1S/C16H12O4/c17-14-9-12-7-4-8-13(15(12)16(18)20-14)19-10-11-5-2-1-3-6-11/h1-8H,9-10H2. The van der Waals surface area contributed by atoms with Crippen LogP contribution in [0, 0.1) is 0 Å². The molecule has 3 rings (SSSR count). The van der Waals surface area contributed by atoms with Gasteiger partial charge in [0.15, 0.2) is 0 Å². The number of hydrogen-bond donors (Lipinski definition) is 0. The van der Waals surface area contributed by atoms with Crippen molar-refractivity contribution in [1.29, 1.82) is 0 Å². The van der Waals surface area contributed by atoms with Crippen molar-refractivity contribution in [2.45, 2.75) is 13.0 Å². The van der Waals surface area contributed by atoms with E-state index in [-0.39, 0.29) is 6.42 Å². The van der Waals surface area contributed by atoms with Crippen LogP contribution in [0.25, 0.3) is 0 Å². The van der Waals surface area contributed by atoms with E-state index in [4.69, 9.17) is 4.74 Å². The molecule has 0 atom stereocenters. The third kappa shape index (κ3) is 2.40. The number of esters is 2. The van der Waals surface area contributed by atoms with Crippen molar-refractivity contribution in [1.82, 2.24) is 0 Å². The largest absolute Gasteiger partial charge is 0.488 e. The fourth-order valence-corrected chi connectivity index (χ4v) is 2.16. The molecule has 100 valence electrons. The molecule has 0 unspecified atom stereocenters. The number of fused-ring (bicyclic) bond motifs is 1. The molecule has 20 heavy (non-hydrogen) atoms. The molecule has 0 aliphatic carbocycles. The molecule has 0 saturated heterocycles. The number of ether oxygens (including phenoxy) is 2. The quantitative estimate of drug-likeness (QED) is 0.634. The summed E-state index contributed by atoms with van der Waals surface area (Å²) in [4.78, 5) is 23.0. The van der Waals surface area contributed by atoms with Crippen LogP contribution in [-0.4, -0.2) is 11.9 Å². The summed E-state index contributed by atoms with van der Waals surface area (Å²) in [5, 5.41) is 0. The van der Waals surface area contributed by atoms with E-state index in [0.29, 0.717) is 23.5 Å². The summed E-state index contributed by atoms with van der Waals surface area (Å²) in [5.41, 5.74) is 2.00. The molecule has 0 fully saturated rings. The van der Waals surface area contributed by atoms with Crippen LogP contribution in [0.2, 0.25) is 0 Å². The van der Waals surface area contributed by atoms with Gasteiger partial charge in [-0.2, -0.15) is 0 Å². The lowest BCUT2D eigenvalue weighted by atomic mass is 10.0. The zero-order valence-electron chi connectivity index (χ0n) is 10.7. The smallest absolute Gasteiger partial charge is 0.349 e. The van der Waals surface area contributed by atoms with E-state index in [1.165, 1.54) is 0 Å². The average Bonchev–Trinajstić information content (AvgIpc) is 2.45. The van der Waals surface area contributed by atoms with E-state index in [9.17, 15) is 9.59 Å². The third-order valence-corrected chi connectivity index (χ3v) is 3.10. The van der Waals surface area contributed by atoms with Crippen LogP contribution >= 0.6 is 0 Å². The van der Waals surface area contributed by atoms with Crippen LogP contribution in [0.1, 0.15) is 21.5 Å². The highest BCUT2D eigenvalue weighted by molar-refractivity contribution is 6.04. The minimum atomic E-state index is -0.639. The van der Waals surface area contributed by atoms with Gasteiger partial charge in [0.1, 0.15) is 17.9 Å². The second-order valence-corrected chi connectivity index (χ2v) is 4.50. The van der Waals surface area contributed by atoms with E-state index >= 15 is 0 Å². The van der Waals surface area contributed by atoms with Crippen molar-refractivity contribution >= 4 is 11.9 Å². The minimum Gasteiger partial charge on any atom is -0.488 e. The Bertz CT molecular complexity index is 661. The highest BCUT2D eigenvalue weighted by atomic mass is 16.6. The summed E-state index contributed by atoms with van der Waals surface area (Å²) in [6, 6.07) is 14.9. The van der Waals surface area contributed by atoms with Gasteiger partial charge >= 0.3 is 11.9 Å². The zero-order chi connectivity index (χ0) is 13.9. The van der Waals surface area contributed by atoms with Gasteiger partial charge in [-0.25, -0.2) is 4.79 Å². The Morgan fingerprint density at radius 3 is 2.60 bits per heavy atom. The van der Waals surface area contributed by atoms with Gasteiger partial charge in [0.05, 0.1) is 6.42 Å². The predicted molar refractivity (Wildman–Crippen MR) is 71.3 cm³/mol. The molecule has 2 aromatic rings. The number of carbonyl (C=O) groups is 2. The Morgan fingerprint density at radius 1 is 1.00 bits per heavy atom. The summed E-state index contributed by atoms with van der Waals surface area (Å²) in [7, 11) is 0. The van der Waals surface area contributed by atoms with Crippen molar-refractivity contribution in [3.8, 4) is 5.75 Å². The second-order valence-electron chi connectivity index (χ2n) is 4.50. The van der Waals surface area contributed by atoms with E-state index in [0.717, 1.165) is 5.56 Å². The number of hydrogen-bond acceptors (Lipinski definition) is 4. The Labute approximate surface area is 115 Å². The van der Waals surface area contributed by atoms with E-state index < -0.39 is 11.9 Å². The first-order chi connectivity index (χ1) is 9.74. The minimum absolute atomic E-state index is 0.101. The molecule has 4 nitrogen and oxygen atoms in total. The van der Waals surface area contributed by atoms with E-state index in [1.54, 1.807) is 18.2 Å². The highest BCUT2D eigenvalue weighted by Crippen LogP contribution is 2.28. The molecule has 0 bridgehead atoms. The highest BCUT2D eigenvalue weighted by Gasteiger charge is 2.28. The van der Waals surface area contributed by atoms with Crippen LogP contribution in [0.15, 0.2) is 48.5 Å². The first-order valence-corrected chi connectivity index (χ1v) is 6.27. The molecule has 2 aromatic carbocycles. The molecule has 0 saturated carbocycles. The van der Waals surface area contributed by atoms with E-state index in [2.05, 4.69) is 4.74 Å². The van der Waals surface area contributed by atoms with Gasteiger partial charge in [0.25, 0.3) is 0 Å². The summed E-state index contributed by atoms with van der Waals surface area (Å²) in [6.07, 6.45) is 0.101. The lowest BCUT2D eigenvalue weighted by molar-refractivity contribution is -0.137. The van der Waals surface area contributed by atoms with Gasteiger partial charge in [-0.1, -0.05) is 42.5 Å². The summed E-state index contributed by atoms with van der Waals surface area (Å²) in [5.74, 6) is -0.716. The predicted octanol–water partition coefficient (Wildman–Crippen LogP) is 2.51. The van der Waals surface area contributed by atoms with E-state index in [1.807, 2.05) is 30.3 Å². The van der Waals surface area contributed by atoms with Crippen LogP contribution in [-0.2, 0) is 22.6 Å². The molecular formula is C16H12O4. The fourth-order valence-electron chi connectivity index (χ4n) is 2.16. The van der Waals surface area contributed by atoms with Crippen LogP contribution in [0.4, 0.5) is 0 Å². The van der Waals surface area contributed by atoms with Crippen molar-refractivity contribution < 1.29 is 19.1 Å². The Hall–Kier alpha value is -2.62. The first kappa shape index (κ1) is 12.4. The maximum Gasteiger partial charge on any atom is 0.349 e. The number of carbonyl (C=O) groups excluding carboxylic acids is 2. The molecule has 1 heterocycles. The van der Waals surface area contributed by atoms with Crippen molar-refractivity contribution in [3.63, 3.8) is 0 Å². The second kappa shape index (κ2) is 5.17. The van der Waals surface area contributed by atoms with Gasteiger partial charge in [0.2, 0.25) is 0 Å². The SMILES string of the molecule is O=C1Cc2cccc(OCc3ccccc3)c2C(=O)O1. The average molecular weight is 268 g/mol. The summed E-state index contributed by atoms with van der Waals surface area (Å²) < 4.78 is 10.3. The van der Waals surface area contributed by atoms with Gasteiger partial charge in [-0.3, -0.25) is 4.79 Å². The maximum atomic E-state index is 11.8. The Morgan fingerprint density at radius 2 is 1.80 bits per heavy atom. The third-order valence-electron chi connectivity index (χ3n) is 3.10.